The molecule has 0 saturated heterocycles. The summed E-state index contributed by atoms with van der Waals surface area (Å²) in [5.74, 6) is -0.584. The molecule has 0 aromatic carbocycles. The van der Waals surface area contributed by atoms with E-state index >= 15 is 0 Å². The van der Waals surface area contributed by atoms with Crippen LogP contribution in [0.2, 0.25) is 0 Å². The molecule has 2 unspecified atom stereocenters. The van der Waals surface area contributed by atoms with E-state index < -0.39 is 0 Å². The highest BCUT2D eigenvalue weighted by atomic mass is 16.6. The molecule has 0 spiro atoms. The average molecular weight is 216 g/mol. The maximum absolute atomic E-state index is 10.8. The summed E-state index contributed by atoms with van der Waals surface area (Å²) in [7, 11) is 0. The summed E-state index contributed by atoms with van der Waals surface area (Å²) in [6.45, 7) is 6.65. The van der Waals surface area contributed by atoms with Crippen LogP contribution in [0.25, 0.3) is 0 Å². The van der Waals surface area contributed by atoms with E-state index in [1.165, 1.54) is 13.8 Å². The predicted octanol–water partition coefficient (Wildman–Crippen LogP) is 2.06. The molecule has 0 fully saturated rings. The van der Waals surface area contributed by atoms with Crippen molar-refractivity contribution in [3.05, 3.63) is 0 Å². The van der Waals surface area contributed by atoms with Crippen molar-refractivity contribution in [1.29, 1.82) is 0 Å². The Hall–Kier alpha value is -1.06. The van der Waals surface area contributed by atoms with E-state index in [4.69, 9.17) is 9.47 Å². The average Bonchev–Trinajstić information content (AvgIpc) is 2.14. The summed E-state index contributed by atoms with van der Waals surface area (Å²) in [4.78, 5) is 21.6. The van der Waals surface area contributed by atoms with Gasteiger partial charge in [0, 0.05) is 20.3 Å². The highest BCUT2D eigenvalue weighted by molar-refractivity contribution is 5.66. The third-order valence-electron chi connectivity index (χ3n) is 2.10. The van der Waals surface area contributed by atoms with Crippen LogP contribution in [0, 0.1) is 0 Å². The van der Waals surface area contributed by atoms with Gasteiger partial charge in [-0.1, -0.05) is 13.8 Å². The Bertz CT molecular complexity index is 191. The van der Waals surface area contributed by atoms with Crippen LogP contribution >= 0.6 is 0 Å². The summed E-state index contributed by atoms with van der Waals surface area (Å²) in [5, 5.41) is 0. The van der Waals surface area contributed by atoms with Crippen LogP contribution in [0.3, 0.4) is 0 Å². The van der Waals surface area contributed by atoms with E-state index in [-0.39, 0.29) is 24.1 Å². The summed E-state index contributed by atoms with van der Waals surface area (Å²) in [5.41, 5.74) is 0. The Kier molecular flexibility index (Phi) is 6.75. The molecular weight excluding hydrogens is 196 g/mol. The second kappa shape index (κ2) is 7.26. The van der Waals surface area contributed by atoms with Gasteiger partial charge in [0.25, 0.3) is 0 Å². The first-order chi connectivity index (χ1) is 6.99. The van der Waals surface area contributed by atoms with Crippen LogP contribution in [-0.2, 0) is 19.1 Å². The topological polar surface area (TPSA) is 52.6 Å². The van der Waals surface area contributed by atoms with Crippen molar-refractivity contribution >= 4 is 11.9 Å². The smallest absolute Gasteiger partial charge is 0.302 e. The van der Waals surface area contributed by atoms with Gasteiger partial charge in [-0.2, -0.15) is 0 Å². The zero-order valence-electron chi connectivity index (χ0n) is 9.91. The van der Waals surface area contributed by atoms with Gasteiger partial charge in [-0.05, 0) is 12.8 Å². The van der Waals surface area contributed by atoms with E-state index in [0.717, 1.165) is 12.8 Å². The maximum atomic E-state index is 10.8. The van der Waals surface area contributed by atoms with Gasteiger partial charge < -0.3 is 9.47 Å². The molecule has 0 aliphatic rings. The number of hydrogen-bond acceptors (Lipinski definition) is 4. The summed E-state index contributed by atoms with van der Waals surface area (Å²) in [6, 6.07) is 0. The zero-order valence-corrected chi connectivity index (χ0v) is 9.91. The minimum atomic E-state index is -0.292. The third-order valence-corrected chi connectivity index (χ3v) is 2.10. The lowest BCUT2D eigenvalue weighted by Gasteiger charge is -2.21. The van der Waals surface area contributed by atoms with Crippen molar-refractivity contribution in [1.82, 2.24) is 0 Å². The first-order valence-corrected chi connectivity index (χ1v) is 5.34. The van der Waals surface area contributed by atoms with Crippen molar-refractivity contribution in [3.63, 3.8) is 0 Å². The molecule has 0 aliphatic carbocycles. The number of carbonyl (C=O) groups is 2. The fraction of sp³-hybridized carbons (Fsp3) is 0.818. The van der Waals surface area contributed by atoms with Crippen LogP contribution in [0.4, 0.5) is 0 Å². The van der Waals surface area contributed by atoms with Gasteiger partial charge in [-0.25, -0.2) is 0 Å². The molecular formula is C11H20O4. The predicted molar refractivity (Wildman–Crippen MR) is 56.3 cm³/mol. The van der Waals surface area contributed by atoms with Gasteiger partial charge in [-0.3, -0.25) is 9.59 Å². The molecule has 0 heterocycles. The second-order valence-electron chi connectivity index (χ2n) is 3.52. The number of rotatable bonds is 6. The zero-order chi connectivity index (χ0) is 11.8. The molecule has 2 atom stereocenters. The van der Waals surface area contributed by atoms with Crippen molar-refractivity contribution in [3.8, 4) is 0 Å². The molecule has 4 nitrogen and oxygen atoms in total. The molecule has 15 heavy (non-hydrogen) atoms. The van der Waals surface area contributed by atoms with E-state index in [2.05, 4.69) is 0 Å². The molecule has 0 saturated carbocycles. The number of carbonyl (C=O) groups excluding carboxylic acids is 2. The quantitative estimate of drug-likeness (QED) is 0.638. The van der Waals surface area contributed by atoms with Crippen LogP contribution in [-0.4, -0.2) is 24.1 Å². The number of esters is 2. The molecule has 0 aliphatic heterocycles. The minimum absolute atomic E-state index is 0.160. The van der Waals surface area contributed by atoms with Gasteiger partial charge in [0.15, 0.2) is 0 Å². The Morgan fingerprint density at radius 1 is 0.933 bits per heavy atom. The Labute approximate surface area is 90.9 Å². The van der Waals surface area contributed by atoms with Gasteiger partial charge in [-0.15, -0.1) is 0 Å². The van der Waals surface area contributed by atoms with Crippen LogP contribution in [0.15, 0.2) is 0 Å². The second-order valence-corrected chi connectivity index (χ2v) is 3.52. The van der Waals surface area contributed by atoms with Crippen molar-refractivity contribution in [2.24, 2.45) is 0 Å². The normalized spacial score (nSPS) is 14.1. The molecule has 88 valence electrons. The van der Waals surface area contributed by atoms with Gasteiger partial charge in [0.1, 0.15) is 12.2 Å². The van der Waals surface area contributed by atoms with Crippen LogP contribution in [0.1, 0.15) is 47.0 Å². The molecule has 0 N–H and O–H groups in total. The maximum Gasteiger partial charge on any atom is 0.302 e. The molecule has 0 radical (unpaired) electrons. The molecule has 4 heteroatoms. The summed E-state index contributed by atoms with van der Waals surface area (Å²) in [6.07, 6.45) is 1.72. The van der Waals surface area contributed by atoms with E-state index in [9.17, 15) is 9.59 Å². The van der Waals surface area contributed by atoms with E-state index in [1.54, 1.807) is 0 Å². The van der Waals surface area contributed by atoms with Gasteiger partial charge in [0.2, 0.25) is 0 Å². The lowest BCUT2D eigenvalue weighted by atomic mass is 10.1. The third kappa shape index (κ3) is 6.94. The molecule has 0 aromatic heterocycles. The van der Waals surface area contributed by atoms with Gasteiger partial charge in [0.05, 0.1) is 0 Å². The van der Waals surface area contributed by atoms with Crippen molar-refractivity contribution < 1.29 is 19.1 Å². The molecule has 0 aromatic rings. The Balaban J connectivity index is 4.10. The highest BCUT2D eigenvalue weighted by Crippen LogP contribution is 2.13. The highest BCUT2D eigenvalue weighted by Gasteiger charge is 2.18. The first-order valence-electron chi connectivity index (χ1n) is 5.34. The SMILES string of the molecule is CCC(CC(CC)OC(C)=O)OC(C)=O. The fourth-order valence-corrected chi connectivity index (χ4v) is 1.36. The first kappa shape index (κ1) is 13.9. The van der Waals surface area contributed by atoms with Crippen LogP contribution in [0.5, 0.6) is 0 Å². The molecule has 0 amide bonds. The van der Waals surface area contributed by atoms with Crippen molar-refractivity contribution in [2.45, 2.75) is 59.2 Å². The minimum Gasteiger partial charge on any atom is -0.462 e. The number of ether oxygens (including phenoxy) is 2. The monoisotopic (exact) mass is 216 g/mol. The lowest BCUT2D eigenvalue weighted by Crippen LogP contribution is -2.25. The summed E-state index contributed by atoms with van der Waals surface area (Å²) >= 11 is 0. The van der Waals surface area contributed by atoms with Gasteiger partial charge >= 0.3 is 11.9 Å². The van der Waals surface area contributed by atoms with E-state index in [0.29, 0.717) is 6.42 Å². The largest absolute Gasteiger partial charge is 0.462 e. The van der Waals surface area contributed by atoms with Crippen LogP contribution < -0.4 is 0 Å². The van der Waals surface area contributed by atoms with E-state index in [1.807, 2.05) is 13.8 Å². The Morgan fingerprint density at radius 3 is 1.47 bits per heavy atom. The summed E-state index contributed by atoms with van der Waals surface area (Å²) < 4.78 is 10.2. The fourth-order valence-electron chi connectivity index (χ4n) is 1.36. The number of hydrogen-bond donors (Lipinski definition) is 0. The lowest BCUT2D eigenvalue weighted by molar-refractivity contribution is -0.152. The van der Waals surface area contributed by atoms with Crippen molar-refractivity contribution in [2.75, 3.05) is 0 Å². The molecule has 0 rings (SSSR count). The molecule has 0 bridgehead atoms. The standard InChI is InChI=1S/C11H20O4/c1-5-10(14-8(3)12)7-11(6-2)15-9(4)13/h10-11H,5-7H2,1-4H3. The Morgan fingerprint density at radius 2 is 1.27 bits per heavy atom.